The Hall–Kier alpha value is -4.09. The summed E-state index contributed by atoms with van der Waals surface area (Å²) < 4.78 is 22.6. The van der Waals surface area contributed by atoms with Crippen LogP contribution in [-0.2, 0) is 65.4 Å². The molecule has 0 spiro atoms. The number of rotatable bonds is 19. The van der Waals surface area contributed by atoms with Crippen LogP contribution in [0.1, 0.15) is 111 Å². The fourth-order valence-electron chi connectivity index (χ4n) is 9.76. The van der Waals surface area contributed by atoms with E-state index in [2.05, 4.69) is 13.8 Å². The van der Waals surface area contributed by atoms with E-state index in [0.717, 1.165) is 28.7 Å². The van der Waals surface area contributed by atoms with E-state index in [0.29, 0.717) is 23.5 Å². The number of carbonyl (C=O) groups excluding carboxylic acids is 6. The molecule has 6 rings (SSSR count). The van der Waals surface area contributed by atoms with Crippen molar-refractivity contribution in [3.8, 4) is 0 Å². The summed E-state index contributed by atoms with van der Waals surface area (Å²) in [6.45, 7) is 10.1. The Kier molecular flexibility index (Phi) is 15.2. The average Bonchev–Trinajstić information content (AvgIpc) is 3.80. The van der Waals surface area contributed by atoms with E-state index in [9.17, 15) is 28.8 Å². The number of esters is 6. The van der Waals surface area contributed by atoms with Crippen LogP contribution in [0.3, 0.4) is 0 Å². The second-order valence-corrected chi connectivity index (χ2v) is 18.4. The van der Waals surface area contributed by atoms with Gasteiger partial charge in [0, 0.05) is 23.6 Å². The minimum Gasteiger partial charge on any atom is -0.393 e. The minimum atomic E-state index is -1.15. The molecular formula is C48H53Cl3O10. The van der Waals surface area contributed by atoms with Gasteiger partial charge in [0.15, 0.2) is 0 Å². The van der Waals surface area contributed by atoms with Crippen LogP contribution in [0.2, 0.25) is 0 Å². The van der Waals surface area contributed by atoms with Gasteiger partial charge < -0.3 is 18.9 Å². The van der Waals surface area contributed by atoms with Crippen molar-refractivity contribution >= 4 is 70.6 Å². The van der Waals surface area contributed by atoms with Crippen LogP contribution < -0.4 is 0 Å². The van der Waals surface area contributed by atoms with E-state index >= 15 is 0 Å². The maximum absolute atomic E-state index is 14.2. The highest BCUT2D eigenvalue weighted by atomic mass is 35.5. The molecule has 3 fully saturated rings. The summed E-state index contributed by atoms with van der Waals surface area (Å²) in [5, 5.41) is 0. The molecule has 10 nitrogen and oxygen atoms in total. The highest BCUT2D eigenvalue weighted by molar-refractivity contribution is 6.17. The van der Waals surface area contributed by atoms with Crippen LogP contribution in [0.15, 0.2) is 72.8 Å². The number of hydrogen-bond acceptors (Lipinski definition) is 10. The summed E-state index contributed by atoms with van der Waals surface area (Å²) >= 11 is 18.4. The number of alkyl halides is 3. The number of carbonyl (C=O) groups is 6. The van der Waals surface area contributed by atoms with E-state index in [-0.39, 0.29) is 37.1 Å². The number of hydrogen-bond donors (Lipinski definition) is 0. The summed E-state index contributed by atoms with van der Waals surface area (Å²) in [5.74, 6) is -11.6. The molecule has 3 aliphatic heterocycles. The molecule has 0 aliphatic carbocycles. The fraction of sp³-hybridized carbons (Fsp3) is 0.500. The summed E-state index contributed by atoms with van der Waals surface area (Å²) in [7, 11) is 0. The van der Waals surface area contributed by atoms with Crippen molar-refractivity contribution in [3.05, 3.63) is 106 Å². The van der Waals surface area contributed by atoms with E-state index < -0.39 is 94.7 Å². The van der Waals surface area contributed by atoms with Crippen LogP contribution in [0.5, 0.6) is 0 Å². The standard InChI is InChI=1S/C48H53Cl3O10/c1-6-33-39(45(55)59-42(33)52)34(30-13-7-27(22-49)8-14-30)19-36-40(46(56)60-43(36)53)35(31-15-9-28(23-50)10-16-31)20-37-41(47(57)61-44(37)54)38(25-58-48(4,5)21-26(2)3)32-17-11-29(24-51)12-18-32/h7-18,26,33-41H,6,19-25H2,1-5H3. The lowest BCUT2D eigenvalue weighted by atomic mass is 9.67. The van der Waals surface area contributed by atoms with Crippen LogP contribution >= 0.6 is 34.8 Å². The molecule has 3 aromatic rings. The smallest absolute Gasteiger partial charge is 0.318 e. The monoisotopic (exact) mass is 894 g/mol. The first-order valence-electron chi connectivity index (χ1n) is 20.9. The SMILES string of the molecule is CCC1C(=O)OC(=O)C1C(CC1C(=O)OC(=O)C1C(CC1C(=O)OC(=O)C1C(COC(C)(C)CC(C)C)c1ccc(CCl)cc1)c1ccc(CCl)cc1)c1ccc(CCl)cc1. The Morgan fingerprint density at radius 1 is 0.525 bits per heavy atom. The van der Waals surface area contributed by atoms with Crippen molar-refractivity contribution in [2.45, 2.75) is 101 Å². The predicted molar refractivity (Wildman–Crippen MR) is 229 cm³/mol. The van der Waals surface area contributed by atoms with Gasteiger partial charge in [-0.2, -0.15) is 0 Å². The average molecular weight is 896 g/mol. The Morgan fingerprint density at radius 3 is 1.20 bits per heavy atom. The van der Waals surface area contributed by atoms with Crippen molar-refractivity contribution < 1.29 is 47.7 Å². The molecule has 0 bridgehead atoms. The zero-order valence-corrected chi connectivity index (χ0v) is 37.3. The van der Waals surface area contributed by atoms with Gasteiger partial charge in [-0.1, -0.05) is 93.6 Å². The van der Waals surface area contributed by atoms with Gasteiger partial charge in [0.05, 0.1) is 47.7 Å². The summed E-state index contributed by atoms with van der Waals surface area (Å²) in [6, 6.07) is 21.9. The molecule has 3 heterocycles. The molecule has 3 saturated heterocycles. The van der Waals surface area contributed by atoms with Gasteiger partial charge in [-0.15, -0.1) is 34.8 Å². The van der Waals surface area contributed by atoms with Gasteiger partial charge >= 0.3 is 35.8 Å². The first-order valence-corrected chi connectivity index (χ1v) is 22.5. The molecule has 9 unspecified atom stereocenters. The molecule has 0 saturated carbocycles. The van der Waals surface area contributed by atoms with Gasteiger partial charge in [-0.25, -0.2) is 0 Å². The lowest BCUT2D eigenvalue weighted by Crippen LogP contribution is -2.36. The maximum Gasteiger partial charge on any atom is 0.318 e. The van der Waals surface area contributed by atoms with Crippen molar-refractivity contribution in [3.63, 3.8) is 0 Å². The molecule has 326 valence electrons. The normalized spacial score (nSPS) is 24.5. The van der Waals surface area contributed by atoms with Gasteiger partial charge in [-0.05, 0) is 90.7 Å². The molecule has 9 atom stereocenters. The molecule has 3 aliphatic rings. The zero-order valence-electron chi connectivity index (χ0n) is 35.1. The third kappa shape index (κ3) is 10.4. The Bertz CT molecular complexity index is 2080. The van der Waals surface area contributed by atoms with Crippen LogP contribution in [-0.4, -0.2) is 48.0 Å². The third-order valence-corrected chi connectivity index (χ3v) is 13.6. The number of cyclic esters (lactones) is 6. The van der Waals surface area contributed by atoms with E-state index in [1.54, 1.807) is 43.3 Å². The fourth-order valence-corrected chi connectivity index (χ4v) is 10.3. The summed E-state index contributed by atoms with van der Waals surface area (Å²) in [6.07, 6.45) is 0.930. The molecule has 61 heavy (non-hydrogen) atoms. The van der Waals surface area contributed by atoms with Crippen molar-refractivity contribution in [1.29, 1.82) is 0 Å². The minimum absolute atomic E-state index is 0.0545. The Labute approximate surface area is 372 Å². The molecule has 13 heteroatoms. The lowest BCUT2D eigenvalue weighted by molar-refractivity contribution is -0.156. The molecule has 0 N–H and O–H groups in total. The van der Waals surface area contributed by atoms with Crippen LogP contribution in [0.4, 0.5) is 0 Å². The predicted octanol–water partition coefficient (Wildman–Crippen LogP) is 9.53. The van der Waals surface area contributed by atoms with Gasteiger partial charge in [0.25, 0.3) is 0 Å². The van der Waals surface area contributed by atoms with Crippen molar-refractivity contribution in [1.82, 2.24) is 0 Å². The van der Waals surface area contributed by atoms with Gasteiger partial charge in [-0.3, -0.25) is 28.8 Å². The largest absolute Gasteiger partial charge is 0.393 e. The highest BCUT2D eigenvalue weighted by Gasteiger charge is 2.56. The van der Waals surface area contributed by atoms with Gasteiger partial charge in [0.2, 0.25) is 0 Å². The third-order valence-electron chi connectivity index (χ3n) is 12.6. The zero-order chi connectivity index (χ0) is 44.2. The van der Waals surface area contributed by atoms with Crippen molar-refractivity contribution in [2.24, 2.45) is 41.4 Å². The topological polar surface area (TPSA) is 139 Å². The van der Waals surface area contributed by atoms with Crippen LogP contribution in [0.25, 0.3) is 0 Å². The molecule has 0 radical (unpaired) electrons. The Morgan fingerprint density at radius 2 is 0.852 bits per heavy atom. The van der Waals surface area contributed by atoms with E-state index in [4.69, 9.17) is 53.8 Å². The first kappa shape index (κ1) is 46.4. The second kappa shape index (κ2) is 20.0. The Balaban J connectivity index is 1.43. The molecular weight excluding hydrogens is 843 g/mol. The first-order chi connectivity index (χ1) is 29.1. The van der Waals surface area contributed by atoms with Crippen LogP contribution in [0, 0.1) is 41.4 Å². The molecule has 0 amide bonds. The van der Waals surface area contributed by atoms with E-state index in [1.807, 2.05) is 50.2 Å². The molecule has 0 aromatic heterocycles. The maximum atomic E-state index is 14.2. The number of halogens is 3. The summed E-state index contributed by atoms with van der Waals surface area (Å²) in [4.78, 5) is 82.6. The van der Waals surface area contributed by atoms with E-state index in [1.165, 1.54) is 0 Å². The summed E-state index contributed by atoms with van der Waals surface area (Å²) in [5.41, 5.74) is 3.96. The second-order valence-electron chi connectivity index (χ2n) is 17.6. The number of benzene rings is 3. The number of ether oxygens (including phenoxy) is 4. The van der Waals surface area contributed by atoms with Crippen molar-refractivity contribution in [2.75, 3.05) is 6.61 Å². The molecule has 3 aromatic carbocycles. The highest BCUT2D eigenvalue weighted by Crippen LogP contribution is 2.50. The quantitative estimate of drug-likeness (QED) is 0.0495. The van der Waals surface area contributed by atoms with Gasteiger partial charge in [0.1, 0.15) is 0 Å². The lowest BCUT2D eigenvalue weighted by Gasteiger charge is -2.34.